The lowest BCUT2D eigenvalue weighted by atomic mass is 10.1. The van der Waals surface area contributed by atoms with Crippen LogP contribution in [0.1, 0.15) is 31.0 Å². The molecule has 1 aromatic rings. The number of hydrogen-bond donors (Lipinski definition) is 1. The highest BCUT2D eigenvalue weighted by Gasteiger charge is 2.22. The number of nitro groups is 1. The van der Waals surface area contributed by atoms with E-state index >= 15 is 0 Å². The summed E-state index contributed by atoms with van der Waals surface area (Å²) in [6, 6.07) is 0. The van der Waals surface area contributed by atoms with Crippen molar-refractivity contribution in [3.63, 3.8) is 0 Å². The number of hydrogen-bond acceptors (Lipinski definition) is 3. The minimum Gasteiger partial charge on any atom is -0.320 e. The summed E-state index contributed by atoms with van der Waals surface area (Å²) < 4.78 is 0. The molecule has 0 fully saturated rings. The molecule has 0 aliphatic carbocycles. The van der Waals surface area contributed by atoms with Gasteiger partial charge in [-0.25, -0.2) is 0 Å². The fourth-order valence-electron chi connectivity index (χ4n) is 1.53. The van der Waals surface area contributed by atoms with Crippen LogP contribution in [-0.4, -0.2) is 9.91 Å². The molecule has 0 atom stereocenters. The first kappa shape index (κ1) is 12.7. The molecule has 0 saturated heterocycles. The molecule has 1 heterocycles. The molecular formula is C10H13ClN2O3. The number of halogens is 1. The van der Waals surface area contributed by atoms with Gasteiger partial charge >= 0.3 is 11.2 Å². The second-order valence-electron chi connectivity index (χ2n) is 3.58. The van der Waals surface area contributed by atoms with Crippen LogP contribution in [0, 0.1) is 17.0 Å². The molecule has 1 N–H and O–H groups in total. The number of unbranched alkanes of at least 4 members (excludes halogenated alkanes) is 1. The average Bonchev–Trinajstić information content (AvgIpc) is 2.16. The lowest BCUT2D eigenvalue weighted by molar-refractivity contribution is -0.386. The molecule has 0 aromatic carbocycles. The minimum absolute atomic E-state index is 0.0281. The molecule has 6 heteroatoms. The fraction of sp³-hybridized carbons (Fsp3) is 0.500. The maximum Gasteiger partial charge on any atom is 0.352 e. The maximum atomic E-state index is 11.3. The van der Waals surface area contributed by atoms with Crippen LogP contribution in [0.5, 0.6) is 0 Å². The third-order valence-corrected chi connectivity index (χ3v) is 2.81. The van der Waals surface area contributed by atoms with E-state index in [1.165, 1.54) is 0 Å². The molecule has 0 aliphatic heterocycles. The summed E-state index contributed by atoms with van der Waals surface area (Å²) in [6.07, 6.45) is 2.48. The topological polar surface area (TPSA) is 76.0 Å². The first-order chi connectivity index (χ1) is 7.49. The molecule has 0 unspecified atom stereocenters. The van der Waals surface area contributed by atoms with E-state index in [4.69, 9.17) is 11.6 Å². The number of nitrogens with zero attached hydrogens (tertiary/aromatic N) is 1. The second-order valence-corrected chi connectivity index (χ2v) is 3.96. The Hall–Kier alpha value is -1.36. The third kappa shape index (κ3) is 2.41. The molecule has 1 aromatic heterocycles. The molecular weight excluding hydrogens is 232 g/mol. The number of rotatable bonds is 4. The second kappa shape index (κ2) is 5.12. The normalized spacial score (nSPS) is 10.4. The van der Waals surface area contributed by atoms with Crippen molar-refractivity contribution in [2.75, 3.05) is 0 Å². The van der Waals surface area contributed by atoms with Crippen LogP contribution >= 0.6 is 11.6 Å². The number of H-pyrrole nitrogens is 1. The highest BCUT2D eigenvalue weighted by molar-refractivity contribution is 6.33. The Balaban J connectivity index is 3.33. The average molecular weight is 245 g/mol. The Bertz CT molecular complexity index is 468. The van der Waals surface area contributed by atoms with E-state index in [0.717, 1.165) is 12.8 Å². The van der Waals surface area contributed by atoms with Gasteiger partial charge in [0.25, 0.3) is 0 Å². The number of aryl methyl sites for hydroxylation is 1. The molecule has 88 valence electrons. The van der Waals surface area contributed by atoms with Gasteiger partial charge in [-0.2, -0.15) is 0 Å². The lowest BCUT2D eigenvalue weighted by Gasteiger charge is -2.07. The monoisotopic (exact) mass is 244 g/mol. The van der Waals surface area contributed by atoms with Gasteiger partial charge in [-0.1, -0.05) is 24.9 Å². The van der Waals surface area contributed by atoms with Crippen molar-refractivity contribution in [1.82, 2.24) is 4.98 Å². The Morgan fingerprint density at radius 3 is 2.62 bits per heavy atom. The highest BCUT2D eigenvalue weighted by Crippen LogP contribution is 2.26. The number of pyridine rings is 1. The maximum absolute atomic E-state index is 11.3. The lowest BCUT2D eigenvalue weighted by Crippen LogP contribution is -2.15. The van der Waals surface area contributed by atoms with Crippen molar-refractivity contribution in [2.45, 2.75) is 33.1 Å². The molecule has 0 radical (unpaired) electrons. The Morgan fingerprint density at radius 1 is 1.50 bits per heavy atom. The van der Waals surface area contributed by atoms with E-state index < -0.39 is 16.2 Å². The molecule has 1 rings (SSSR count). The summed E-state index contributed by atoms with van der Waals surface area (Å²) in [6.45, 7) is 3.71. The smallest absolute Gasteiger partial charge is 0.320 e. The molecule has 0 spiro atoms. The van der Waals surface area contributed by atoms with Crippen LogP contribution in [0.3, 0.4) is 0 Å². The highest BCUT2D eigenvalue weighted by atomic mass is 35.5. The zero-order valence-corrected chi connectivity index (χ0v) is 9.93. The van der Waals surface area contributed by atoms with Gasteiger partial charge in [0.05, 0.1) is 4.92 Å². The predicted molar refractivity (Wildman–Crippen MR) is 62.1 cm³/mol. The predicted octanol–water partition coefficient (Wildman–Crippen LogP) is 2.59. The molecule has 0 amide bonds. The van der Waals surface area contributed by atoms with Crippen molar-refractivity contribution in [3.05, 3.63) is 36.7 Å². The summed E-state index contributed by atoms with van der Waals surface area (Å²) >= 11 is 5.89. The third-order valence-electron chi connectivity index (χ3n) is 2.40. The summed E-state index contributed by atoms with van der Waals surface area (Å²) in [7, 11) is 0. The number of nitrogens with one attached hydrogen (secondary N) is 1. The van der Waals surface area contributed by atoms with Gasteiger partial charge in [0.1, 0.15) is 5.02 Å². The molecule has 16 heavy (non-hydrogen) atoms. The van der Waals surface area contributed by atoms with Crippen LogP contribution < -0.4 is 5.56 Å². The van der Waals surface area contributed by atoms with Gasteiger partial charge in [-0.15, -0.1) is 0 Å². The van der Waals surface area contributed by atoms with Crippen LogP contribution in [0.25, 0.3) is 0 Å². The van der Waals surface area contributed by atoms with Crippen LogP contribution in [0.4, 0.5) is 5.69 Å². The van der Waals surface area contributed by atoms with Gasteiger partial charge < -0.3 is 4.98 Å². The summed E-state index contributed by atoms with van der Waals surface area (Å²) in [5.41, 5.74) is -0.0324. The van der Waals surface area contributed by atoms with E-state index in [-0.39, 0.29) is 5.02 Å². The Morgan fingerprint density at radius 2 is 2.12 bits per heavy atom. The Kier molecular flexibility index (Phi) is 4.06. The summed E-state index contributed by atoms with van der Waals surface area (Å²) in [4.78, 5) is 23.7. The van der Waals surface area contributed by atoms with Gasteiger partial charge in [0, 0.05) is 5.69 Å². The zero-order chi connectivity index (χ0) is 12.3. The largest absolute Gasteiger partial charge is 0.352 e. The first-order valence-corrected chi connectivity index (χ1v) is 5.42. The number of aromatic amines is 1. The van der Waals surface area contributed by atoms with Crippen molar-refractivity contribution >= 4 is 17.3 Å². The molecule has 5 nitrogen and oxygen atoms in total. The minimum atomic E-state index is -0.743. The zero-order valence-electron chi connectivity index (χ0n) is 9.17. The van der Waals surface area contributed by atoms with Gasteiger partial charge in [-0.3, -0.25) is 14.9 Å². The fourth-order valence-corrected chi connectivity index (χ4v) is 1.92. The van der Waals surface area contributed by atoms with Gasteiger partial charge in [0.15, 0.2) is 0 Å². The van der Waals surface area contributed by atoms with Gasteiger partial charge in [0.2, 0.25) is 0 Å². The van der Waals surface area contributed by atoms with Gasteiger partial charge in [-0.05, 0) is 25.3 Å². The molecule has 0 aliphatic rings. The van der Waals surface area contributed by atoms with Crippen molar-refractivity contribution in [3.8, 4) is 0 Å². The number of aromatic nitrogens is 1. The van der Waals surface area contributed by atoms with E-state index in [1.807, 2.05) is 6.92 Å². The molecule has 0 bridgehead atoms. The standard InChI is InChI=1S/C10H13ClN2O3/c1-3-4-5-7-6(2)12-10(14)9(8(7)11)13(15)16/h3-5H2,1-2H3,(H,12,14). The van der Waals surface area contributed by atoms with Crippen LogP contribution in [0.2, 0.25) is 5.02 Å². The first-order valence-electron chi connectivity index (χ1n) is 5.04. The van der Waals surface area contributed by atoms with E-state index in [2.05, 4.69) is 4.98 Å². The summed E-state index contributed by atoms with van der Waals surface area (Å²) in [5.74, 6) is 0. The van der Waals surface area contributed by atoms with E-state index in [0.29, 0.717) is 17.7 Å². The van der Waals surface area contributed by atoms with Crippen molar-refractivity contribution in [2.24, 2.45) is 0 Å². The van der Waals surface area contributed by atoms with E-state index in [9.17, 15) is 14.9 Å². The quantitative estimate of drug-likeness (QED) is 0.653. The SMILES string of the molecule is CCCCc1c(C)[nH]c(=O)c([N+](=O)[O-])c1Cl. The Labute approximate surface area is 97.6 Å². The van der Waals surface area contributed by atoms with Crippen molar-refractivity contribution < 1.29 is 4.92 Å². The van der Waals surface area contributed by atoms with Crippen molar-refractivity contribution in [1.29, 1.82) is 0 Å². The van der Waals surface area contributed by atoms with Crippen LogP contribution in [-0.2, 0) is 6.42 Å². The van der Waals surface area contributed by atoms with Crippen LogP contribution in [0.15, 0.2) is 4.79 Å². The summed E-state index contributed by atoms with van der Waals surface area (Å²) in [5, 5.41) is 10.7. The van der Waals surface area contributed by atoms with E-state index in [1.54, 1.807) is 6.92 Å². The molecule has 0 saturated carbocycles.